The molecule has 0 saturated carbocycles. The Labute approximate surface area is 155 Å². The third kappa shape index (κ3) is 12.2. The number of hydrogen-bond donors (Lipinski definition) is 3. The second kappa shape index (κ2) is 11.2. The molecule has 0 aromatic rings. The Kier molecular flexibility index (Phi) is 18.5. The van der Waals surface area contributed by atoms with Gasteiger partial charge < -0.3 is 15.9 Å². The SMILES string of the molecule is N[C@@H](CCC(=O)O)C(=O)O.[KH].[KH]. The van der Waals surface area contributed by atoms with Crippen LogP contribution in [0.4, 0.5) is 0 Å². The Balaban J connectivity index is -0.000000405. The van der Waals surface area contributed by atoms with Gasteiger partial charge in [-0.2, -0.15) is 0 Å². The molecule has 0 aliphatic carbocycles. The van der Waals surface area contributed by atoms with E-state index in [2.05, 4.69) is 0 Å². The Morgan fingerprint density at radius 1 is 1.25 bits per heavy atom. The summed E-state index contributed by atoms with van der Waals surface area (Å²) in [5, 5.41) is 16.3. The topological polar surface area (TPSA) is 101 Å². The van der Waals surface area contributed by atoms with Crippen molar-refractivity contribution in [1.29, 1.82) is 0 Å². The quantitative estimate of drug-likeness (QED) is 0.481. The summed E-state index contributed by atoms with van der Waals surface area (Å²) in [6, 6.07) is -1.06. The first-order valence-electron chi connectivity index (χ1n) is 2.74. The zero-order valence-corrected chi connectivity index (χ0v) is 5.28. The van der Waals surface area contributed by atoms with E-state index in [4.69, 9.17) is 15.9 Å². The summed E-state index contributed by atoms with van der Waals surface area (Å²) in [6.07, 6.45) is -0.224. The van der Waals surface area contributed by atoms with Crippen LogP contribution in [-0.2, 0) is 9.59 Å². The summed E-state index contributed by atoms with van der Waals surface area (Å²) in [5.74, 6) is -2.20. The number of carboxylic acid groups (broad SMARTS) is 2. The van der Waals surface area contributed by atoms with Crippen LogP contribution < -0.4 is 5.73 Å². The van der Waals surface area contributed by atoms with Crippen LogP contribution in [0.3, 0.4) is 0 Å². The van der Waals surface area contributed by atoms with Gasteiger partial charge in [0.1, 0.15) is 6.04 Å². The molecular formula is C5H11K2NO4. The second-order valence-electron chi connectivity index (χ2n) is 1.88. The van der Waals surface area contributed by atoms with Crippen molar-refractivity contribution in [3.63, 3.8) is 0 Å². The molecule has 0 radical (unpaired) electrons. The fourth-order valence-electron chi connectivity index (χ4n) is 0.402. The third-order valence-corrected chi connectivity index (χ3v) is 0.986. The van der Waals surface area contributed by atoms with Crippen LogP contribution in [0.25, 0.3) is 0 Å². The van der Waals surface area contributed by atoms with Crippen LogP contribution in [0, 0.1) is 0 Å². The summed E-state index contributed by atoms with van der Waals surface area (Å²) in [6.45, 7) is 0. The number of aliphatic carboxylic acids is 2. The van der Waals surface area contributed by atoms with E-state index in [0.29, 0.717) is 0 Å². The molecule has 0 spiro atoms. The van der Waals surface area contributed by atoms with Crippen LogP contribution in [-0.4, -0.2) is 131 Å². The van der Waals surface area contributed by atoms with Crippen LogP contribution in [0.15, 0.2) is 0 Å². The molecule has 0 aromatic carbocycles. The van der Waals surface area contributed by atoms with Crippen molar-refractivity contribution in [3.8, 4) is 0 Å². The van der Waals surface area contributed by atoms with Gasteiger partial charge in [-0.3, -0.25) is 9.59 Å². The minimum atomic E-state index is -1.17. The van der Waals surface area contributed by atoms with E-state index in [0.717, 1.165) is 0 Å². The molecule has 0 bridgehead atoms. The van der Waals surface area contributed by atoms with Gasteiger partial charge in [-0.25, -0.2) is 0 Å². The van der Waals surface area contributed by atoms with E-state index in [-0.39, 0.29) is 116 Å². The van der Waals surface area contributed by atoms with Crippen molar-refractivity contribution in [3.05, 3.63) is 0 Å². The van der Waals surface area contributed by atoms with E-state index in [1.165, 1.54) is 0 Å². The molecule has 1 atom stereocenters. The van der Waals surface area contributed by atoms with Gasteiger partial charge in [0, 0.05) is 6.42 Å². The molecule has 62 valence electrons. The van der Waals surface area contributed by atoms with Gasteiger partial charge in [-0.15, -0.1) is 0 Å². The number of carbonyl (C=O) groups is 2. The van der Waals surface area contributed by atoms with Crippen molar-refractivity contribution in [2.45, 2.75) is 18.9 Å². The zero-order chi connectivity index (χ0) is 8.15. The van der Waals surface area contributed by atoms with Crippen LogP contribution in [0.5, 0.6) is 0 Å². The average Bonchev–Trinajstić information content (AvgIpc) is 1.82. The maximum atomic E-state index is 9.99. The molecule has 7 heteroatoms. The van der Waals surface area contributed by atoms with E-state index < -0.39 is 18.0 Å². The van der Waals surface area contributed by atoms with Gasteiger partial charge in [-0.05, 0) is 6.42 Å². The van der Waals surface area contributed by atoms with Crippen molar-refractivity contribution >= 4 is 115 Å². The van der Waals surface area contributed by atoms with Gasteiger partial charge in [-0.1, -0.05) is 0 Å². The number of carboxylic acids is 2. The Hall–Kier alpha value is 2.17. The molecule has 0 aromatic heterocycles. The van der Waals surface area contributed by atoms with Crippen LogP contribution in [0.2, 0.25) is 0 Å². The minimum absolute atomic E-state index is 0. The van der Waals surface area contributed by atoms with Gasteiger partial charge in [0.15, 0.2) is 0 Å². The summed E-state index contributed by atoms with van der Waals surface area (Å²) < 4.78 is 0. The molecule has 0 saturated heterocycles. The van der Waals surface area contributed by atoms with Crippen LogP contribution >= 0.6 is 0 Å². The summed E-state index contributed by atoms with van der Waals surface area (Å²) in [4.78, 5) is 19.9. The Morgan fingerprint density at radius 3 is 1.92 bits per heavy atom. The number of hydrogen-bond acceptors (Lipinski definition) is 3. The number of rotatable bonds is 4. The zero-order valence-electron chi connectivity index (χ0n) is 5.28. The second-order valence-corrected chi connectivity index (χ2v) is 1.88. The summed E-state index contributed by atoms with van der Waals surface area (Å²) >= 11 is 0. The van der Waals surface area contributed by atoms with Crippen molar-refractivity contribution in [1.82, 2.24) is 0 Å². The van der Waals surface area contributed by atoms with Gasteiger partial charge in [0.05, 0.1) is 0 Å². The monoisotopic (exact) mass is 227 g/mol. The fraction of sp³-hybridized carbons (Fsp3) is 0.600. The molecule has 0 unspecified atom stereocenters. The van der Waals surface area contributed by atoms with Gasteiger partial charge in [0.25, 0.3) is 0 Å². The molecule has 0 heterocycles. The van der Waals surface area contributed by atoms with Crippen molar-refractivity contribution in [2.24, 2.45) is 5.73 Å². The van der Waals surface area contributed by atoms with E-state index >= 15 is 0 Å². The molecular weight excluding hydrogens is 216 g/mol. The Morgan fingerprint density at radius 2 is 1.67 bits per heavy atom. The van der Waals surface area contributed by atoms with E-state index in [1.807, 2.05) is 0 Å². The van der Waals surface area contributed by atoms with Crippen LogP contribution in [0.1, 0.15) is 12.8 Å². The predicted octanol–water partition coefficient (Wildman–Crippen LogP) is -2.03. The predicted molar refractivity (Wildman–Crippen MR) is 46.8 cm³/mol. The molecule has 4 N–H and O–H groups in total. The first-order chi connectivity index (χ1) is 4.54. The fourth-order valence-corrected chi connectivity index (χ4v) is 0.402. The first-order valence-corrected chi connectivity index (χ1v) is 2.74. The Bertz CT molecular complexity index is 152. The summed E-state index contributed by atoms with van der Waals surface area (Å²) in [5.41, 5.74) is 5.00. The molecule has 0 amide bonds. The molecule has 5 nitrogen and oxygen atoms in total. The summed E-state index contributed by atoms with van der Waals surface area (Å²) in [7, 11) is 0. The molecule has 12 heavy (non-hydrogen) atoms. The van der Waals surface area contributed by atoms with Crippen molar-refractivity contribution in [2.75, 3.05) is 0 Å². The molecule has 0 rings (SSSR count). The molecule has 0 fully saturated rings. The normalized spacial score (nSPS) is 10.4. The maximum absolute atomic E-state index is 9.99. The first kappa shape index (κ1) is 19.7. The van der Waals surface area contributed by atoms with Gasteiger partial charge in [0.2, 0.25) is 0 Å². The number of nitrogens with two attached hydrogens (primary N) is 1. The average molecular weight is 227 g/mol. The van der Waals surface area contributed by atoms with E-state index in [1.54, 1.807) is 0 Å². The van der Waals surface area contributed by atoms with E-state index in [9.17, 15) is 9.59 Å². The standard InChI is InChI=1S/C5H9NO4.2K.2H/c6-3(5(9)10)1-2-4(7)8;;;;/h3H,1-2,6H2,(H,7,8)(H,9,10);;;;/t3-;;;;/m0..../s1. The molecule has 0 aliphatic rings. The van der Waals surface area contributed by atoms with Crippen molar-refractivity contribution < 1.29 is 19.8 Å². The third-order valence-electron chi connectivity index (χ3n) is 0.986. The molecule has 0 aliphatic heterocycles. The van der Waals surface area contributed by atoms with Gasteiger partial charge >= 0.3 is 115 Å².